The fourth-order valence-electron chi connectivity index (χ4n) is 3.47. The molecule has 0 bridgehead atoms. The van der Waals surface area contributed by atoms with Gasteiger partial charge in [-0.3, -0.25) is 4.98 Å². The second-order valence-corrected chi connectivity index (χ2v) is 6.04. The maximum atomic E-state index is 6.63. The second kappa shape index (κ2) is 4.93. The van der Waals surface area contributed by atoms with Crippen molar-refractivity contribution in [2.24, 2.45) is 11.7 Å². The van der Waals surface area contributed by atoms with Gasteiger partial charge in [0.1, 0.15) is 0 Å². The van der Waals surface area contributed by atoms with Crippen LogP contribution in [0, 0.1) is 5.92 Å². The molecule has 100 valence electrons. The largest absolute Gasteiger partial charge is 0.325 e. The average molecular weight is 254 g/mol. The third kappa shape index (κ3) is 2.50. The van der Waals surface area contributed by atoms with Gasteiger partial charge in [0.05, 0.1) is 5.52 Å². The monoisotopic (exact) mass is 254 g/mol. The predicted molar refractivity (Wildman–Crippen MR) is 80.0 cm³/mol. The fourth-order valence-corrected chi connectivity index (χ4v) is 3.47. The van der Waals surface area contributed by atoms with Crippen LogP contribution in [-0.2, 0) is 6.42 Å². The highest BCUT2D eigenvalue weighted by Crippen LogP contribution is 2.37. The van der Waals surface area contributed by atoms with Crippen LogP contribution < -0.4 is 5.73 Å². The first-order chi connectivity index (χ1) is 9.20. The van der Waals surface area contributed by atoms with Gasteiger partial charge in [0.15, 0.2) is 0 Å². The summed E-state index contributed by atoms with van der Waals surface area (Å²) in [6.07, 6.45) is 7.76. The molecule has 2 aromatic rings. The number of nitrogens with zero attached hydrogens (tertiary/aromatic N) is 1. The zero-order valence-corrected chi connectivity index (χ0v) is 11.6. The van der Waals surface area contributed by atoms with E-state index in [1.165, 1.54) is 30.2 Å². The quantitative estimate of drug-likeness (QED) is 0.907. The molecule has 2 heteroatoms. The number of rotatable bonds is 3. The van der Waals surface area contributed by atoms with E-state index in [4.69, 9.17) is 5.73 Å². The van der Waals surface area contributed by atoms with Crippen molar-refractivity contribution in [3.05, 3.63) is 42.1 Å². The molecule has 0 spiro atoms. The van der Waals surface area contributed by atoms with E-state index >= 15 is 0 Å². The Hall–Kier alpha value is -1.41. The minimum absolute atomic E-state index is 0.00913. The maximum Gasteiger partial charge on any atom is 0.0704 e. The molecule has 1 aliphatic carbocycles. The number of benzene rings is 1. The number of pyridine rings is 1. The zero-order valence-electron chi connectivity index (χ0n) is 11.6. The Morgan fingerprint density at radius 3 is 2.95 bits per heavy atom. The first-order valence-electron chi connectivity index (χ1n) is 7.32. The molecule has 2 nitrogen and oxygen atoms in total. The summed E-state index contributed by atoms with van der Waals surface area (Å²) in [4.78, 5) is 4.43. The molecule has 1 heterocycles. The molecular formula is C17H22N2. The van der Waals surface area contributed by atoms with Gasteiger partial charge in [0.2, 0.25) is 0 Å². The molecule has 1 fully saturated rings. The lowest BCUT2D eigenvalue weighted by Crippen LogP contribution is -2.39. The van der Waals surface area contributed by atoms with Crippen molar-refractivity contribution in [3.8, 4) is 0 Å². The van der Waals surface area contributed by atoms with Crippen molar-refractivity contribution in [2.45, 2.75) is 44.6 Å². The van der Waals surface area contributed by atoms with Crippen molar-refractivity contribution >= 4 is 10.9 Å². The number of nitrogens with two attached hydrogens (primary N) is 1. The average Bonchev–Trinajstić information content (AvgIpc) is 2.81. The van der Waals surface area contributed by atoms with Crippen LogP contribution in [0.2, 0.25) is 0 Å². The van der Waals surface area contributed by atoms with E-state index in [9.17, 15) is 0 Å². The van der Waals surface area contributed by atoms with Gasteiger partial charge in [-0.2, -0.15) is 0 Å². The van der Waals surface area contributed by atoms with E-state index in [0.717, 1.165) is 24.3 Å². The van der Waals surface area contributed by atoms with Crippen LogP contribution in [-0.4, -0.2) is 10.5 Å². The Labute approximate surface area is 115 Å². The highest BCUT2D eigenvalue weighted by Gasteiger charge is 2.35. The van der Waals surface area contributed by atoms with E-state index in [1.54, 1.807) is 0 Å². The maximum absolute atomic E-state index is 6.63. The molecule has 0 aliphatic heterocycles. The van der Waals surface area contributed by atoms with Crippen molar-refractivity contribution in [1.82, 2.24) is 4.98 Å². The van der Waals surface area contributed by atoms with Crippen LogP contribution in [0.3, 0.4) is 0 Å². The zero-order chi connectivity index (χ0) is 13.3. The number of hydrogen-bond acceptors (Lipinski definition) is 2. The molecule has 2 atom stereocenters. The molecule has 2 unspecified atom stereocenters. The molecular weight excluding hydrogens is 232 g/mol. The summed E-state index contributed by atoms with van der Waals surface area (Å²) in [5, 5.41) is 1.26. The van der Waals surface area contributed by atoms with E-state index in [0.29, 0.717) is 0 Å². The Balaban J connectivity index is 1.90. The van der Waals surface area contributed by atoms with Gasteiger partial charge in [-0.15, -0.1) is 0 Å². The molecule has 3 rings (SSSR count). The van der Waals surface area contributed by atoms with E-state index in [1.807, 2.05) is 12.3 Å². The summed E-state index contributed by atoms with van der Waals surface area (Å²) in [6.45, 7) is 2.28. The summed E-state index contributed by atoms with van der Waals surface area (Å²) >= 11 is 0. The third-order valence-electron chi connectivity index (χ3n) is 4.60. The van der Waals surface area contributed by atoms with Crippen molar-refractivity contribution < 1.29 is 0 Å². The molecule has 0 amide bonds. The molecule has 0 radical (unpaired) electrons. The summed E-state index contributed by atoms with van der Waals surface area (Å²) in [5.41, 5.74) is 9.05. The van der Waals surface area contributed by atoms with E-state index in [-0.39, 0.29) is 5.54 Å². The lowest BCUT2D eigenvalue weighted by molar-refractivity contribution is 0.408. The van der Waals surface area contributed by atoms with Crippen LogP contribution in [0.4, 0.5) is 0 Å². The van der Waals surface area contributed by atoms with Crippen LogP contribution in [0.25, 0.3) is 10.9 Å². The molecule has 1 saturated carbocycles. The van der Waals surface area contributed by atoms with E-state index in [2.05, 4.69) is 36.2 Å². The van der Waals surface area contributed by atoms with Crippen LogP contribution in [0.5, 0.6) is 0 Å². The number of aromatic nitrogens is 1. The predicted octanol–water partition coefficient (Wildman–Crippen LogP) is 3.68. The van der Waals surface area contributed by atoms with Crippen LogP contribution in [0.1, 0.15) is 38.2 Å². The molecule has 0 saturated heterocycles. The normalized spacial score (nSPS) is 26.9. The van der Waals surface area contributed by atoms with Gasteiger partial charge in [0, 0.05) is 17.1 Å². The Bertz CT molecular complexity index is 573. The fraction of sp³-hybridized carbons (Fsp3) is 0.471. The van der Waals surface area contributed by atoms with Gasteiger partial charge in [-0.25, -0.2) is 0 Å². The molecule has 2 N–H and O–H groups in total. The van der Waals surface area contributed by atoms with Gasteiger partial charge < -0.3 is 5.73 Å². The first kappa shape index (κ1) is 12.6. The first-order valence-corrected chi connectivity index (χ1v) is 7.32. The molecule has 1 aromatic carbocycles. The second-order valence-electron chi connectivity index (χ2n) is 6.04. The summed E-state index contributed by atoms with van der Waals surface area (Å²) in [6, 6.07) is 10.5. The number of para-hydroxylation sites is 1. The van der Waals surface area contributed by atoms with E-state index < -0.39 is 0 Å². The number of fused-ring (bicyclic) bond motifs is 1. The highest BCUT2D eigenvalue weighted by atomic mass is 14.8. The van der Waals surface area contributed by atoms with Gasteiger partial charge >= 0.3 is 0 Å². The smallest absolute Gasteiger partial charge is 0.0704 e. The van der Waals surface area contributed by atoms with Crippen molar-refractivity contribution in [3.63, 3.8) is 0 Å². The van der Waals surface area contributed by atoms with Gasteiger partial charge in [-0.05, 0) is 49.3 Å². The molecule has 19 heavy (non-hydrogen) atoms. The van der Waals surface area contributed by atoms with Crippen LogP contribution in [0.15, 0.2) is 36.5 Å². The van der Waals surface area contributed by atoms with Gasteiger partial charge in [-0.1, -0.05) is 31.5 Å². The topological polar surface area (TPSA) is 38.9 Å². The molecule has 1 aliphatic rings. The van der Waals surface area contributed by atoms with Crippen molar-refractivity contribution in [2.75, 3.05) is 0 Å². The van der Waals surface area contributed by atoms with Crippen molar-refractivity contribution in [1.29, 1.82) is 0 Å². The SMILES string of the molecule is CCC1CCC(N)(Cc2ccnc3ccccc23)C1. The molecule has 1 aromatic heterocycles. The summed E-state index contributed by atoms with van der Waals surface area (Å²) < 4.78 is 0. The lowest BCUT2D eigenvalue weighted by Gasteiger charge is -2.25. The summed E-state index contributed by atoms with van der Waals surface area (Å²) in [5.74, 6) is 0.818. The lowest BCUT2D eigenvalue weighted by atomic mass is 9.88. The Morgan fingerprint density at radius 2 is 2.16 bits per heavy atom. The Morgan fingerprint density at radius 1 is 1.32 bits per heavy atom. The third-order valence-corrected chi connectivity index (χ3v) is 4.60. The Kier molecular flexibility index (Phi) is 3.28. The minimum Gasteiger partial charge on any atom is -0.325 e. The highest BCUT2D eigenvalue weighted by molar-refractivity contribution is 5.81. The van der Waals surface area contributed by atoms with Gasteiger partial charge in [0.25, 0.3) is 0 Å². The standard InChI is InChI=1S/C17H22N2/c1-2-13-7-9-17(18,11-13)12-14-8-10-19-16-6-4-3-5-15(14)16/h3-6,8,10,13H,2,7,9,11-12,18H2,1H3. The summed E-state index contributed by atoms with van der Waals surface area (Å²) in [7, 11) is 0. The van der Waals surface area contributed by atoms with Crippen LogP contribution >= 0.6 is 0 Å². The number of hydrogen-bond donors (Lipinski definition) is 1. The minimum atomic E-state index is -0.00913.